The second-order valence-corrected chi connectivity index (χ2v) is 6.29. The van der Waals surface area contributed by atoms with Crippen LogP contribution < -0.4 is 10.6 Å². The molecule has 110 valence electrons. The molecule has 0 spiro atoms. The van der Waals surface area contributed by atoms with Gasteiger partial charge in [0.05, 0.1) is 6.04 Å². The number of likely N-dealkylation sites (tertiary alicyclic amines) is 1. The first-order valence-electron chi connectivity index (χ1n) is 7.94. The number of carbonyl (C=O) groups is 1. The van der Waals surface area contributed by atoms with E-state index in [1.54, 1.807) is 0 Å². The summed E-state index contributed by atoms with van der Waals surface area (Å²) in [6.07, 6.45) is 7.48. The van der Waals surface area contributed by atoms with Crippen molar-refractivity contribution >= 4 is 5.91 Å². The summed E-state index contributed by atoms with van der Waals surface area (Å²) in [5.74, 6) is 0.167. The molecule has 2 unspecified atom stereocenters. The molecular weight excluding hydrogens is 238 g/mol. The van der Waals surface area contributed by atoms with E-state index >= 15 is 0 Å². The average Bonchev–Trinajstić information content (AvgIpc) is 3.01. The highest BCUT2D eigenvalue weighted by Crippen LogP contribution is 2.17. The van der Waals surface area contributed by atoms with Gasteiger partial charge in [-0.3, -0.25) is 4.79 Å². The number of hydrogen-bond donors (Lipinski definition) is 2. The van der Waals surface area contributed by atoms with Crippen molar-refractivity contribution in [2.24, 2.45) is 0 Å². The highest BCUT2D eigenvalue weighted by molar-refractivity contribution is 5.81. The Hall–Kier alpha value is -0.610. The SMILES string of the molecule is CC(CN1CCCC1)NC(C)C(=O)NC1CCCC1. The zero-order chi connectivity index (χ0) is 13.7. The summed E-state index contributed by atoms with van der Waals surface area (Å²) in [6.45, 7) is 7.65. The Labute approximate surface area is 117 Å². The Morgan fingerprint density at radius 3 is 2.42 bits per heavy atom. The van der Waals surface area contributed by atoms with Gasteiger partial charge in [-0.2, -0.15) is 0 Å². The molecule has 2 N–H and O–H groups in total. The molecule has 1 aliphatic carbocycles. The number of carbonyl (C=O) groups excluding carboxylic acids is 1. The third-order valence-electron chi connectivity index (χ3n) is 4.36. The van der Waals surface area contributed by atoms with Crippen molar-refractivity contribution in [1.82, 2.24) is 15.5 Å². The molecule has 2 rings (SSSR count). The fourth-order valence-electron chi connectivity index (χ4n) is 3.30. The van der Waals surface area contributed by atoms with Gasteiger partial charge in [0.1, 0.15) is 0 Å². The van der Waals surface area contributed by atoms with Crippen LogP contribution in [0.1, 0.15) is 52.4 Å². The lowest BCUT2D eigenvalue weighted by Gasteiger charge is -2.25. The monoisotopic (exact) mass is 267 g/mol. The van der Waals surface area contributed by atoms with Gasteiger partial charge >= 0.3 is 0 Å². The quantitative estimate of drug-likeness (QED) is 0.767. The van der Waals surface area contributed by atoms with E-state index in [0.717, 1.165) is 19.4 Å². The minimum atomic E-state index is -0.0850. The molecule has 0 bridgehead atoms. The van der Waals surface area contributed by atoms with Crippen molar-refractivity contribution in [3.8, 4) is 0 Å². The predicted molar refractivity (Wildman–Crippen MR) is 78.1 cm³/mol. The number of nitrogens with zero attached hydrogens (tertiary/aromatic N) is 1. The molecule has 2 atom stereocenters. The minimum Gasteiger partial charge on any atom is -0.352 e. The zero-order valence-electron chi connectivity index (χ0n) is 12.5. The van der Waals surface area contributed by atoms with E-state index in [0.29, 0.717) is 12.1 Å². The van der Waals surface area contributed by atoms with E-state index in [9.17, 15) is 4.79 Å². The van der Waals surface area contributed by atoms with Crippen molar-refractivity contribution in [2.75, 3.05) is 19.6 Å². The van der Waals surface area contributed by atoms with Crippen molar-refractivity contribution in [1.29, 1.82) is 0 Å². The molecule has 1 aliphatic heterocycles. The van der Waals surface area contributed by atoms with Gasteiger partial charge in [-0.15, -0.1) is 0 Å². The smallest absolute Gasteiger partial charge is 0.237 e. The van der Waals surface area contributed by atoms with Crippen LogP contribution in [0.3, 0.4) is 0 Å². The normalized spacial score (nSPS) is 24.5. The Morgan fingerprint density at radius 1 is 1.16 bits per heavy atom. The first-order valence-corrected chi connectivity index (χ1v) is 7.94. The summed E-state index contributed by atoms with van der Waals surface area (Å²) in [5.41, 5.74) is 0. The molecular formula is C15H29N3O. The van der Waals surface area contributed by atoms with Crippen LogP contribution in [-0.2, 0) is 4.79 Å². The maximum Gasteiger partial charge on any atom is 0.237 e. The van der Waals surface area contributed by atoms with E-state index < -0.39 is 0 Å². The van der Waals surface area contributed by atoms with Gasteiger partial charge in [0, 0.05) is 18.6 Å². The largest absolute Gasteiger partial charge is 0.352 e. The Balaban J connectivity index is 1.66. The van der Waals surface area contributed by atoms with Crippen LogP contribution in [0.15, 0.2) is 0 Å². The highest BCUT2D eigenvalue weighted by Gasteiger charge is 2.22. The topological polar surface area (TPSA) is 44.4 Å². The van der Waals surface area contributed by atoms with E-state index in [1.807, 2.05) is 6.92 Å². The van der Waals surface area contributed by atoms with Crippen molar-refractivity contribution < 1.29 is 4.79 Å². The van der Waals surface area contributed by atoms with Crippen LogP contribution in [0.5, 0.6) is 0 Å². The van der Waals surface area contributed by atoms with Gasteiger partial charge in [-0.05, 0) is 52.6 Å². The van der Waals surface area contributed by atoms with Crippen LogP contribution in [0.4, 0.5) is 0 Å². The van der Waals surface area contributed by atoms with Crippen molar-refractivity contribution in [3.63, 3.8) is 0 Å². The minimum absolute atomic E-state index is 0.0850. The second-order valence-electron chi connectivity index (χ2n) is 6.29. The van der Waals surface area contributed by atoms with Gasteiger partial charge in [-0.25, -0.2) is 0 Å². The van der Waals surface area contributed by atoms with Gasteiger partial charge < -0.3 is 15.5 Å². The summed E-state index contributed by atoms with van der Waals surface area (Å²) in [4.78, 5) is 14.6. The Kier molecular flexibility index (Phi) is 5.64. The molecule has 2 fully saturated rings. The number of amides is 1. The summed E-state index contributed by atoms with van der Waals surface area (Å²) in [7, 11) is 0. The molecule has 1 amide bonds. The maximum absolute atomic E-state index is 12.1. The van der Waals surface area contributed by atoms with Crippen LogP contribution in [0, 0.1) is 0 Å². The Morgan fingerprint density at radius 2 is 1.79 bits per heavy atom. The molecule has 1 saturated carbocycles. The summed E-state index contributed by atoms with van der Waals surface area (Å²) < 4.78 is 0. The molecule has 0 aromatic heterocycles. The van der Waals surface area contributed by atoms with Crippen LogP contribution in [0.25, 0.3) is 0 Å². The van der Waals surface area contributed by atoms with Gasteiger partial charge in [0.25, 0.3) is 0 Å². The summed E-state index contributed by atoms with van der Waals surface area (Å²) in [6, 6.07) is 0.714. The molecule has 2 aliphatic rings. The maximum atomic E-state index is 12.1. The van der Waals surface area contributed by atoms with E-state index in [-0.39, 0.29) is 11.9 Å². The first kappa shape index (κ1) is 14.8. The number of rotatable bonds is 6. The van der Waals surface area contributed by atoms with E-state index in [4.69, 9.17) is 0 Å². The summed E-state index contributed by atoms with van der Waals surface area (Å²) >= 11 is 0. The highest BCUT2D eigenvalue weighted by atomic mass is 16.2. The standard InChI is InChI=1S/C15H29N3O/c1-12(11-18-9-5-6-10-18)16-13(2)15(19)17-14-7-3-4-8-14/h12-14,16H,3-11H2,1-2H3,(H,17,19). The van der Waals surface area contributed by atoms with Crippen molar-refractivity contribution in [3.05, 3.63) is 0 Å². The number of nitrogens with one attached hydrogen (secondary N) is 2. The van der Waals surface area contributed by atoms with E-state index in [2.05, 4.69) is 22.5 Å². The fourth-order valence-corrected chi connectivity index (χ4v) is 3.30. The first-order chi connectivity index (χ1) is 9.15. The third-order valence-corrected chi connectivity index (χ3v) is 4.36. The van der Waals surface area contributed by atoms with Gasteiger partial charge in [0.15, 0.2) is 0 Å². The number of hydrogen-bond acceptors (Lipinski definition) is 3. The van der Waals surface area contributed by atoms with Gasteiger partial charge in [0.2, 0.25) is 5.91 Å². The molecule has 4 heteroatoms. The molecule has 0 radical (unpaired) electrons. The zero-order valence-corrected chi connectivity index (χ0v) is 12.5. The molecule has 4 nitrogen and oxygen atoms in total. The average molecular weight is 267 g/mol. The van der Waals surface area contributed by atoms with Crippen LogP contribution in [-0.4, -0.2) is 48.6 Å². The van der Waals surface area contributed by atoms with Crippen LogP contribution >= 0.6 is 0 Å². The molecule has 1 heterocycles. The lowest BCUT2D eigenvalue weighted by Crippen LogP contribution is -2.50. The molecule has 0 aromatic carbocycles. The summed E-state index contributed by atoms with van der Waals surface area (Å²) in [5, 5.41) is 6.59. The van der Waals surface area contributed by atoms with Crippen LogP contribution in [0.2, 0.25) is 0 Å². The third kappa shape index (κ3) is 4.77. The molecule has 19 heavy (non-hydrogen) atoms. The lowest BCUT2D eigenvalue weighted by molar-refractivity contribution is -0.123. The molecule has 1 saturated heterocycles. The lowest BCUT2D eigenvalue weighted by atomic mass is 10.2. The second kappa shape index (κ2) is 7.25. The Bertz CT molecular complexity index is 283. The molecule has 0 aromatic rings. The van der Waals surface area contributed by atoms with E-state index in [1.165, 1.54) is 38.8 Å². The van der Waals surface area contributed by atoms with Gasteiger partial charge in [-0.1, -0.05) is 12.8 Å². The van der Waals surface area contributed by atoms with Crippen molar-refractivity contribution in [2.45, 2.75) is 70.5 Å². The fraction of sp³-hybridized carbons (Fsp3) is 0.933. The predicted octanol–water partition coefficient (Wildman–Crippen LogP) is 1.51.